The van der Waals surface area contributed by atoms with Crippen LogP contribution in [0.2, 0.25) is 0 Å². The molecule has 0 amide bonds. The second-order valence-corrected chi connectivity index (χ2v) is 10.6. The van der Waals surface area contributed by atoms with Crippen LogP contribution in [0, 0.1) is 0 Å². The fourth-order valence-electron chi connectivity index (χ4n) is 5.20. The Kier molecular flexibility index (Phi) is 6.61. The zero-order chi connectivity index (χ0) is 27.3. The van der Waals surface area contributed by atoms with Crippen LogP contribution in [-0.4, -0.2) is 89.4 Å². The Morgan fingerprint density at radius 1 is 1.18 bits per heavy atom. The molecule has 2 aliphatic rings. The Hall–Kier alpha value is -3.74. The predicted octanol–water partition coefficient (Wildman–Crippen LogP) is 2.48. The first-order chi connectivity index (χ1) is 18.8. The molecule has 0 saturated carbocycles. The molecule has 1 saturated heterocycles. The fourth-order valence-corrected chi connectivity index (χ4v) is 5.20. The molecule has 2 bridgehead atoms. The maximum Gasteiger partial charge on any atom is 0.240 e. The molecule has 6 rings (SSSR count). The molecule has 12 nitrogen and oxygen atoms in total. The number of likely N-dealkylation sites (N-methyl/N-ethyl adjacent to an activating group) is 1. The summed E-state index contributed by atoms with van der Waals surface area (Å²) in [7, 11) is 3.93. The summed E-state index contributed by atoms with van der Waals surface area (Å²) in [6.07, 6.45) is 6.70. The fraction of sp³-hybridized carbons (Fsp3) is 0.481. The Labute approximate surface area is 226 Å². The van der Waals surface area contributed by atoms with Gasteiger partial charge in [-0.2, -0.15) is 10.2 Å². The van der Waals surface area contributed by atoms with Crippen molar-refractivity contribution in [1.82, 2.24) is 39.6 Å². The van der Waals surface area contributed by atoms with Gasteiger partial charge in [-0.25, -0.2) is 9.67 Å². The lowest BCUT2D eigenvalue weighted by Crippen LogP contribution is -2.43. The lowest BCUT2D eigenvalue weighted by atomic mass is 10.1. The number of H-pyrrole nitrogens is 1. The summed E-state index contributed by atoms with van der Waals surface area (Å²) in [5, 5.41) is 27.9. The van der Waals surface area contributed by atoms with E-state index in [0.29, 0.717) is 43.7 Å². The van der Waals surface area contributed by atoms with E-state index in [1.807, 2.05) is 43.8 Å². The monoisotopic (exact) mass is 534 g/mol. The molecule has 39 heavy (non-hydrogen) atoms. The quantitative estimate of drug-likeness (QED) is 0.406. The standard InChI is InChI=1S/C27H34N8O4/c1-15(2)38-26-18-6-7-21-19-8-17(9-28-25(19)31-30-21)20-10-29-34(5)27(20)39-24-14-37-13-23(24)33(4)12-22(18)35(32-26)11-16(3)36/h6-10,15-16,23-24,36H,11-14H2,1-5H3,(H,28,30,31)/b7-6+/t16-,23+,24-/m0/s1. The molecule has 4 aromatic rings. The highest BCUT2D eigenvalue weighted by Crippen LogP contribution is 2.35. The van der Waals surface area contributed by atoms with Gasteiger partial charge < -0.3 is 19.3 Å². The van der Waals surface area contributed by atoms with Crippen molar-refractivity contribution in [1.29, 1.82) is 0 Å². The van der Waals surface area contributed by atoms with Gasteiger partial charge in [-0.1, -0.05) is 0 Å². The number of hydrogen-bond donors (Lipinski definition) is 2. The van der Waals surface area contributed by atoms with Crippen LogP contribution >= 0.6 is 0 Å². The number of aliphatic hydroxyl groups is 1. The van der Waals surface area contributed by atoms with E-state index in [1.54, 1.807) is 24.0 Å². The van der Waals surface area contributed by atoms with E-state index >= 15 is 0 Å². The average Bonchev–Trinajstić information content (AvgIpc) is 3.65. The zero-order valence-corrected chi connectivity index (χ0v) is 22.8. The van der Waals surface area contributed by atoms with Crippen LogP contribution in [0.5, 0.6) is 11.8 Å². The van der Waals surface area contributed by atoms with Gasteiger partial charge in [0.15, 0.2) is 5.65 Å². The third-order valence-electron chi connectivity index (χ3n) is 7.13. The number of aromatic amines is 1. The van der Waals surface area contributed by atoms with Crippen LogP contribution in [0.3, 0.4) is 0 Å². The summed E-state index contributed by atoms with van der Waals surface area (Å²) in [6, 6.07) is 2.03. The van der Waals surface area contributed by atoms with Gasteiger partial charge in [-0.15, -0.1) is 5.10 Å². The number of aromatic nitrogens is 7. The maximum atomic E-state index is 10.3. The normalized spacial score (nSPS) is 21.2. The number of aryl methyl sites for hydroxylation is 1. The molecule has 0 aliphatic carbocycles. The van der Waals surface area contributed by atoms with E-state index in [4.69, 9.17) is 19.3 Å². The minimum absolute atomic E-state index is 0.0170. The summed E-state index contributed by atoms with van der Waals surface area (Å²) in [6.45, 7) is 7.58. The number of nitrogens with one attached hydrogen (secondary N) is 1. The number of aliphatic hydroxyl groups excluding tert-OH is 1. The number of ether oxygens (including phenoxy) is 3. The first-order valence-electron chi connectivity index (χ1n) is 13.2. The molecule has 2 N–H and O–H groups in total. The Bertz CT molecular complexity index is 1520. The summed E-state index contributed by atoms with van der Waals surface area (Å²) in [5.41, 5.74) is 4.94. The summed E-state index contributed by atoms with van der Waals surface area (Å²) < 4.78 is 22.2. The largest absolute Gasteiger partial charge is 0.473 e. The van der Waals surface area contributed by atoms with Gasteiger partial charge in [-0.3, -0.25) is 14.7 Å². The van der Waals surface area contributed by atoms with Crippen molar-refractivity contribution in [3.8, 4) is 22.9 Å². The lowest BCUT2D eigenvalue weighted by molar-refractivity contribution is 0.102. The van der Waals surface area contributed by atoms with Crippen molar-refractivity contribution in [3.05, 3.63) is 35.4 Å². The molecular formula is C27H34N8O4. The van der Waals surface area contributed by atoms with Crippen LogP contribution in [-0.2, 0) is 24.9 Å². The first-order valence-corrected chi connectivity index (χ1v) is 13.2. The number of fused-ring (bicyclic) bond motifs is 5. The SMILES string of the molecule is CC(C)Oc1nn(C[C@H](C)O)c2c1/C=C/c1[nH]nc3ncc(cc13)-c1cnn(C)c1O[C@H]1COC[C@H]1N(C)C2. The number of rotatable bonds is 4. The third kappa shape index (κ3) is 4.79. The van der Waals surface area contributed by atoms with Gasteiger partial charge in [-0.05, 0) is 46.0 Å². The second kappa shape index (κ2) is 10.1. The number of nitrogens with zero attached hydrogens (tertiary/aromatic N) is 7. The Morgan fingerprint density at radius 3 is 2.82 bits per heavy atom. The van der Waals surface area contributed by atoms with Gasteiger partial charge in [0.1, 0.15) is 6.10 Å². The van der Waals surface area contributed by atoms with Gasteiger partial charge in [0.25, 0.3) is 0 Å². The van der Waals surface area contributed by atoms with Gasteiger partial charge >= 0.3 is 0 Å². The Morgan fingerprint density at radius 2 is 2.03 bits per heavy atom. The molecule has 1 fully saturated rings. The van der Waals surface area contributed by atoms with Gasteiger partial charge in [0.05, 0.1) is 66.7 Å². The molecule has 0 aromatic carbocycles. The van der Waals surface area contributed by atoms with Crippen LogP contribution in [0.15, 0.2) is 18.5 Å². The van der Waals surface area contributed by atoms with Crippen LogP contribution in [0.1, 0.15) is 37.7 Å². The smallest absolute Gasteiger partial charge is 0.240 e. The summed E-state index contributed by atoms with van der Waals surface area (Å²) >= 11 is 0. The van der Waals surface area contributed by atoms with Crippen molar-refractivity contribution in [2.75, 3.05) is 20.3 Å². The molecule has 0 radical (unpaired) electrons. The molecule has 6 heterocycles. The van der Waals surface area contributed by atoms with Crippen molar-refractivity contribution >= 4 is 23.2 Å². The first kappa shape index (κ1) is 25.5. The van der Waals surface area contributed by atoms with Crippen LogP contribution < -0.4 is 9.47 Å². The molecule has 2 aliphatic heterocycles. The zero-order valence-electron chi connectivity index (χ0n) is 22.8. The van der Waals surface area contributed by atoms with Crippen molar-refractivity contribution < 1.29 is 19.3 Å². The van der Waals surface area contributed by atoms with Crippen molar-refractivity contribution in [3.63, 3.8) is 0 Å². The number of pyridine rings is 1. The van der Waals surface area contributed by atoms with E-state index in [9.17, 15) is 5.11 Å². The molecule has 12 heteroatoms. The number of hydrogen-bond acceptors (Lipinski definition) is 9. The Balaban J connectivity index is 1.55. The van der Waals surface area contributed by atoms with Crippen LogP contribution in [0.25, 0.3) is 34.3 Å². The van der Waals surface area contributed by atoms with Crippen LogP contribution in [0.4, 0.5) is 0 Å². The highest BCUT2D eigenvalue weighted by molar-refractivity contribution is 5.90. The molecule has 0 spiro atoms. The minimum Gasteiger partial charge on any atom is -0.473 e. The van der Waals surface area contributed by atoms with E-state index in [1.165, 1.54) is 0 Å². The predicted molar refractivity (Wildman–Crippen MR) is 145 cm³/mol. The van der Waals surface area contributed by atoms with E-state index in [0.717, 1.165) is 33.5 Å². The average molecular weight is 535 g/mol. The topological polar surface area (TPSA) is 128 Å². The molecule has 206 valence electrons. The van der Waals surface area contributed by atoms with Crippen molar-refractivity contribution in [2.24, 2.45) is 7.05 Å². The van der Waals surface area contributed by atoms with E-state index in [2.05, 4.69) is 32.2 Å². The summed E-state index contributed by atoms with van der Waals surface area (Å²) in [5.74, 6) is 1.18. The lowest BCUT2D eigenvalue weighted by Gasteiger charge is -2.29. The second-order valence-electron chi connectivity index (χ2n) is 10.6. The van der Waals surface area contributed by atoms with E-state index in [-0.39, 0.29) is 18.2 Å². The molecule has 3 atom stereocenters. The van der Waals surface area contributed by atoms with Gasteiger partial charge in [0.2, 0.25) is 11.8 Å². The highest BCUT2D eigenvalue weighted by Gasteiger charge is 2.36. The maximum absolute atomic E-state index is 10.3. The van der Waals surface area contributed by atoms with Crippen molar-refractivity contribution in [2.45, 2.75) is 58.2 Å². The molecular weight excluding hydrogens is 500 g/mol. The highest BCUT2D eigenvalue weighted by atomic mass is 16.6. The minimum atomic E-state index is -0.581. The molecule has 0 unspecified atom stereocenters. The summed E-state index contributed by atoms with van der Waals surface area (Å²) in [4.78, 5) is 6.81. The van der Waals surface area contributed by atoms with E-state index < -0.39 is 6.10 Å². The third-order valence-corrected chi connectivity index (χ3v) is 7.13. The molecule has 4 aromatic heterocycles. The van der Waals surface area contributed by atoms with Gasteiger partial charge in [0, 0.05) is 30.7 Å².